The summed E-state index contributed by atoms with van der Waals surface area (Å²) in [5.74, 6) is 0.962. The molecule has 1 saturated heterocycles. The third-order valence-electron chi connectivity index (χ3n) is 6.40. The van der Waals surface area contributed by atoms with Gasteiger partial charge in [-0.1, -0.05) is 24.8 Å². The van der Waals surface area contributed by atoms with Crippen LogP contribution < -0.4 is 10.5 Å². The fraction of sp³-hybridized carbons (Fsp3) is 0.231. The number of nitrogen functional groups attached to an aromatic ring is 1. The zero-order chi connectivity index (χ0) is 24.7. The van der Waals surface area contributed by atoms with Crippen molar-refractivity contribution in [1.82, 2.24) is 24.4 Å². The third kappa shape index (κ3) is 4.00. The minimum Gasteiger partial charge on any atom is -0.439 e. The topological polar surface area (TPSA) is 119 Å². The van der Waals surface area contributed by atoms with Crippen molar-refractivity contribution in [3.05, 3.63) is 72.8 Å². The summed E-state index contributed by atoms with van der Waals surface area (Å²) in [4.78, 5) is 26.9. The lowest BCUT2D eigenvalue weighted by atomic mass is 9.93. The number of carbonyl (C=O) groups excluding carboxylic acids is 1. The van der Waals surface area contributed by atoms with Crippen LogP contribution >= 0.6 is 0 Å². The fourth-order valence-electron chi connectivity index (χ4n) is 4.77. The summed E-state index contributed by atoms with van der Waals surface area (Å²) < 4.78 is 7.84. The number of anilines is 1. The standard InChI is InChI=1S/C26H26N6O3/c1-4-21(34)32-12-18(19(33)13-32)24-22(23-25(27)28-14-29-26(23)31(24)3)16-8-10-17(11-9-16)35-20-7-5-6-15(2)30-20/h4-11,14,18-19,33H,1,12-13H2,2-3H3,(H2,27,28,29). The zero-order valence-corrected chi connectivity index (χ0v) is 19.5. The Labute approximate surface area is 202 Å². The Bertz CT molecular complexity index is 1430. The maximum absolute atomic E-state index is 12.2. The van der Waals surface area contributed by atoms with Crippen LogP contribution in [0.5, 0.6) is 11.6 Å². The lowest BCUT2D eigenvalue weighted by Gasteiger charge is -2.18. The first-order chi connectivity index (χ1) is 16.9. The minimum absolute atomic E-state index is 0.211. The monoisotopic (exact) mass is 470 g/mol. The molecule has 0 aliphatic carbocycles. The van der Waals surface area contributed by atoms with Gasteiger partial charge in [-0.25, -0.2) is 15.0 Å². The van der Waals surface area contributed by atoms with Gasteiger partial charge in [-0.3, -0.25) is 4.79 Å². The van der Waals surface area contributed by atoms with Gasteiger partial charge in [0.15, 0.2) is 0 Å². The Morgan fingerprint density at radius 1 is 1.20 bits per heavy atom. The van der Waals surface area contributed by atoms with Gasteiger partial charge in [0, 0.05) is 49.1 Å². The van der Waals surface area contributed by atoms with Crippen molar-refractivity contribution in [1.29, 1.82) is 0 Å². The maximum Gasteiger partial charge on any atom is 0.246 e. The SMILES string of the molecule is C=CC(=O)N1CC(O)C(c2c(-c3ccc(Oc4cccc(C)n4)cc3)c3c(N)ncnc3n2C)C1. The molecule has 0 radical (unpaired) electrons. The van der Waals surface area contributed by atoms with Crippen LogP contribution in [0.15, 0.2) is 61.4 Å². The van der Waals surface area contributed by atoms with Gasteiger partial charge in [-0.2, -0.15) is 0 Å². The summed E-state index contributed by atoms with van der Waals surface area (Å²) in [7, 11) is 1.89. The molecule has 35 heavy (non-hydrogen) atoms. The highest BCUT2D eigenvalue weighted by atomic mass is 16.5. The van der Waals surface area contributed by atoms with Crippen molar-refractivity contribution in [2.75, 3.05) is 18.8 Å². The molecule has 2 unspecified atom stereocenters. The first-order valence-corrected chi connectivity index (χ1v) is 11.3. The smallest absolute Gasteiger partial charge is 0.246 e. The molecule has 0 spiro atoms. The highest BCUT2D eigenvalue weighted by molar-refractivity contribution is 6.02. The number of likely N-dealkylation sites (tertiary alicyclic amines) is 1. The van der Waals surface area contributed by atoms with Crippen molar-refractivity contribution in [3.63, 3.8) is 0 Å². The Balaban J connectivity index is 1.59. The van der Waals surface area contributed by atoms with Crippen molar-refractivity contribution in [3.8, 4) is 22.8 Å². The van der Waals surface area contributed by atoms with E-state index < -0.39 is 6.10 Å². The molecule has 3 aromatic heterocycles. The van der Waals surface area contributed by atoms with Gasteiger partial charge in [0.1, 0.15) is 23.5 Å². The van der Waals surface area contributed by atoms with Gasteiger partial charge >= 0.3 is 0 Å². The van der Waals surface area contributed by atoms with Crippen molar-refractivity contribution in [2.24, 2.45) is 7.05 Å². The molecule has 9 heteroatoms. The van der Waals surface area contributed by atoms with E-state index >= 15 is 0 Å². The summed E-state index contributed by atoms with van der Waals surface area (Å²) in [6.07, 6.45) is 1.95. The number of hydrogen-bond donors (Lipinski definition) is 2. The van der Waals surface area contributed by atoms with Crippen molar-refractivity contribution in [2.45, 2.75) is 18.9 Å². The van der Waals surface area contributed by atoms with E-state index in [9.17, 15) is 9.90 Å². The second kappa shape index (κ2) is 8.84. The molecule has 1 fully saturated rings. The number of amides is 1. The van der Waals surface area contributed by atoms with Crippen LogP contribution in [-0.2, 0) is 11.8 Å². The number of aromatic nitrogens is 4. The molecule has 9 nitrogen and oxygen atoms in total. The fourth-order valence-corrected chi connectivity index (χ4v) is 4.77. The molecule has 1 aliphatic rings. The van der Waals surface area contributed by atoms with E-state index in [-0.39, 0.29) is 18.4 Å². The van der Waals surface area contributed by atoms with E-state index in [0.29, 0.717) is 35.0 Å². The predicted molar refractivity (Wildman–Crippen MR) is 133 cm³/mol. The Morgan fingerprint density at radius 3 is 2.69 bits per heavy atom. The molecule has 0 saturated carbocycles. The molecule has 1 amide bonds. The number of β-amino-alcohol motifs (C(OH)–C–C–N with tert-alkyl or cyclic N) is 1. The first kappa shape index (κ1) is 22.5. The van der Waals surface area contributed by atoms with Crippen LogP contribution in [0.4, 0.5) is 5.82 Å². The van der Waals surface area contributed by atoms with Crippen LogP contribution in [0.1, 0.15) is 17.3 Å². The summed E-state index contributed by atoms with van der Waals surface area (Å²) >= 11 is 0. The number of aliphatic hydroxyl groups excluding tert-OH is 1. The van der Waals surface area contributed by atoms with Gasteiger partial charge in [0.05, 0.1) is 11.5 Å². The molecule has 1 aliphatic heterocycles. The van der Waals surface area contributed by atoms with E-state index in [0.717, 1.165) is 22.5 Å². The van der Waals surface area contributed by atoms with Crippen molar-refractivity contribution < 1.29 is 14.6 Å². The molecule has 5 rings (SSSR count). The largest absolute Gasteiger partial charge is 0.439 e. The van der Waals surface area contributed by atoms with Gasteiger partial charge in [0.25, 0.3) is 0 Å². The van der Waals surface area contributed by atoms with Crippen LogP contribution in [0.2, 0.25) is 0 Å². The highest BCUT2D eigenvalue weighted by Gasteiger charge is 2.38. The minimum atomic E-state index is -0.746. The Kier molecular flexibility index (Phi) is 5.70. The number of pyridine rings is 1. The summed E-state index contributed by atoms with van der Waals surface area (Å²) in [5, 5.41) is 11.7. The molecule has 2 atom stereocenters. The number of rotatable bonds is 5. The van der Waals surface area contributed by atoms with E-state index in [4.69, 9.17) is 10.5 Å². The summed E-state index contributed by atoms with van der Waals surface area (Å²) in [6, 6.07) is 13.2. The molecule has 3 N–H and O–H groups in total. The molecule has 4 aromatic rings. The number of aliphatic hydroxyl groups is 1. The lowest BCUT2D eigenvalue weighted by Crippen LogP contribution is -2.27. The number of fused-ring (bicyclic) bond motifs is 1. The summed E-state index contributed by atoms with van der Waals surface area (Å²) in [5.41, 5.74) is 10.4. The number of benzene rings is 1. The maximum atomic E-state index is 12.2. The lowest BCUT2D eigenvalue weighted by molar-refractivity contribution is -0.125. The average molecular weight is 471 g/mol. The van der Waals surface area contributed by atoms with E-state index in [2.05, 4.69) is 21.5 Å². The van der Waals surface area contributed by atoms with E-state index in [1.165, 1.54) is 12.4 Å². The average Bonchev–Trinajstić information content (AvgIpc) is 3.37. The van der Waals surface area contributed by atoms with E-state index in [1.807, 2.05) is 54.9 Å². The number of nitrogens with zero attached hydrogens (tertiary/aromatic N) is 5. The first-order valence-electron chi connectivity index (χ1n) is 11.3. The van der Waals surface area contributed by atoms with Crippen molar-refractivity contribution >= 4 is 22.8 Å². The second-order valence-electron chi connectivity index (χ2n) is 8.64. The van der Waals surface area contributed by atoms with Gasteiger partial charge < -0.3 is 25.0 Å². The molecule has 0 bridgehead atoms. The normalized spacial score (nSPS) is 17.6. The highest BCUT2D eigenvalue weighted by Crippen LogP contribution is 2.42. The van der Waals surface area contributed by atoms with Crippen LogP contribution in [-0.4, -0.2) is 54.6 Å². The van der Waals surface area contributed by atoms with Gasteiger partial charge in [0.2, 0.25) is 11.8 Å². The predicted octanol–water partition coefficient (Wildman–Crippen LogP) is 3.19. The van der Waals surface area contributed by atoms with Gasteiger partial charge in [-0.05, 0) is 36.8 Å². The molecule has 1 aromatic carbocycles. The van der Waals surface area contributed by atoms with Crippen LogP contribution in [0, 0.1) is 6.92 Å². The quantitative estimate of drug-likeness (QED) is 0.430. The second-order valence-corrected chi connectivity index (χ2v) is 8.64. The van der Waals surface area contributed by atoms with E-state index in [1.54, 1.807) is 11.0 Å². The molecular weight excluding hydrogens is 444 g/mol. The third-order valence-corrected chi connectivity index (χ3v) is 6.40. The number of ether oxygens (including phenoxy) is 1. The molecule has 4 heterocycles. The van der Waals surface area contributed by atoms with Crippen LogP contribution in [0.25, 0.3) is 22.2 Å². The Hall–Kier alpha value is -4.24. The number of aryl methyl sites for hydroxylation is 2. The zero-order valence-electron chi connectivity index (χ0n) is 19.5. The molecular formula is C26H26N6O3. The number of nitrogens with two attached hydrogens (primary N) is 1. The number of hydrogen-bond acceptors (Lipinski definition) is 7. The van der Waals surface area contributed by atoms with Crippen LogP contribution in [0.3, 0.4) is 0 Å². The number of carbonyl (C=O) groups is 1. The summed E-state index contributed by atoms with van der Waals surface area (Å²) in [6.45, 7) is 6.07. The Morgan fingerprint density at radius 2 is 1.97 bits per heavy atom. The molecule has 178 valence electrons. The van der Waals surface area contributed by atoms with Gasteiger partial charge in [-0.15, -0.1) is 0 Å².